The van der Waals surface area contributed by atoms with E-state index < -0.39 is 0 Å². The Bertz CT molecular complexity index is 236. The highest BCUT2D eigenvalue weighted by Gasteiger charge is 1.92. The summed E-state index contributed by atoms with van der Waals surface area (Å²) < 4.78 is 5.45. The molecule has 0 aliphatic carbocycles. The Hall–Kier alpha value is -0.860. The maximum absolute atomic E-state index is 5.45. The fourth-order valence-electron chi connectivity index (χ4n) is 1.45. The zero-order valence-corrected chi connectivity index (χ0v) is 9.54. The number of aryl methyl sites for hydroxylation is 1. The molecule has 0 unspecified atom stereocenters. The fourth-order valence-corrected chi connectivity index (χ4v) is 1.45. The van der Waals surface area contributed by atoms with E-state index in [9.17, 15) is 0 Å². The van der Waals surface area contributed by atoms with Crippen LogP contribution >= 0.6 is 0 Å². The van der Waals surface area contributed by atoms with Gasteiger partial charge in [0.25, 0.3) is 0 Å². The number of ether oxygens (including phenoxy) is 1. The van der Waals surface area contributed by atoms with Crippen LogP contribution in [0.25, 0.3) is 0 Å². The zero-order valence-electron chi connectivity index (χ0n) is 9.54. The molecule has 0 aliphatic heterocycles. The second-order valence-corrected chi connectivity index (χ2v) is 3.66. The molecule has 0 atom stereocenters. The largest absolute Gasteiger partial charge is 0.380 e. The highest BCUT2D eigenvalue weighted by molar-refractivity contribution is 5.14. The van der Waals surface area contributed by atoms with E-state index in [1.165, 1.54) is 12.0 Å². The summed E-state index contributed by atoms with van der Waals surface area (Å²) in [4.78, 5) is 0. The van der Waals surface area contributed by atoms with E-state index in [1.54, 1.807) is 0 Å². The molecule has 0 saturated carbocycles. The number of nitrogens with one attached hydrogen (secondary N) is 1. The van der Waals surface area contributed by atoms with Gasteiger partial charge in [0.2, 0.25) is 0 Å². The molecule has 0 aromatic heterocycles. The van der Waals surface area contributed by atoms with Crippen molar-refractivity contribution in [1.29, 1.82) is 0 Å². The third-order valence-corrected chi connectivity index (χ3v) is 2.34. The maximum atomic E-state index is 5.45. The van der Waals surface area contributed by atoms with Crippen molar-refractivity contribution in [2.24, 2.45) is 0 Å². The Morgan fingerprint density at radius 3 is 2.60 bits per heavy atom. The van der Waals surface area contributed by atoms with Crippen LogP contribution in [0.4, 0.5) is 0 Å². The lowest BCUT2D eigenvalue weighted by molar-refractivity contribution is 0.133. The third kappa shape index (κ3) is 6.26. The first-order valence-corrected chi connectivity index (χ1v) is 5.70. The van der Waals surface area contributed by atoms with Crippen LogP contribution in [0.1, 0.15) is 18.4 Å². The standard InChI is InChI=1S/C13H21NO/c1-14-10-12-15-11-6-5-9-13-7-3-2-4-8-13/h2-4,7-8,14H,5-6,9-12H2,1H3. The van der Waals surface area contributed by atoms with Crippen molar-refractivity contribution in [2.75, 3.05) is 26.8 Å². The smallest absolute Gasteiger partial charge is 0.0590 e. The van der Waals surface area contributed by atoms with E-state index in [0.717, 1.165) is 32.6 Å². The zero-order chi connectivity index (χ0) is 10.8. The minimum atomic E-state index is 0.821. The second kappa shape index (κ2) is 8.45. The molecular formula is C13H21NO. The molecule has 1 aromatic rings. The molecule has 15 heavy (non-hydrogen) atoms. The predicted octanol–water partition coefficient (Wildman–Crippen LogP) is 2.25. The van der Waals surface area contributed by atoms with Gasteiger partial charge in [-0.25, -0.2) is 0 Å². The van der Waals surface area contributed by atoms with Crippen LogP contribution in [0.2, 0.25) is 0 Å². The fraction of sp³-hybridized carbons (Fsp3) is 0.538. The molecule has 1 N–H and O–H groups in total. The molecule has 0 saturated heterocycles. The van der Waals surface area contributed by atoms with Crippen molar-refractivity contribution >= 4 is 0 Å². The number of rotatable bonds is 8. The molecule has 0 aliphatic rings. The monoisotopic (exact) mass is 207 g/mol. The maximum Gasteiger partial charge on any atom is 0.0590 e. The van der Waals surface area contributed by atoms with E-state index in [-0.39, 0.29) is 0 Å². The average Bonchev–Trinajstić information content (AvgIpc) is 2.29. The van der Waals surface area contributed by atoms with Crippen molar-refractivity contribution in [3.8, 4) is 0 Å². The minimum absolute atomic E-state index is 0.821. The molecule has 0 amide bonds. The number of benzene rings is 1. The quantitative estimate of drug-likeness (QED) is 0.660. The lowest BCUT2D eigenvalue weighted by Crippen LogP contribution is -2.14. The minimum Gasteiger partial charge on any atom is -0.380 e. The third-order valence-electron chi connectivity index (χ3n) is 2.34. The van der Waals surface area contributed by atoms with E-state index in [4.69, 9.17) is 4.74 Å². The van der Waals surface area contributed by atoms with Gasteiger partial charge in [0.05, 0.1) is 6.61 Å². The van der Waals surface area contributed by atoms with Crippen LogP contribution in [-0.2, 0) is 11.2 Å². The Balaban J connectivity index is 1.93. The SMILES string of the molecule is CNCCOCCCCc1ccccc1. The first-order valence-electron chi connectivity index (χ1n) is 5.70. The molecule has 0 heterocycles. The average molecular weight is 207 g/mol. The van der Waals surface area contributed by atoms with E-state index in [2.05, 4.69) is 35.6 Å². The Labute approximate surface area is 92.6 Å². The number of unbranched alkanes of at least 4 members (excludes halogenated alkanes) is 1. The first kappa shape index (κ1) is 12.2. The molecule has 1 aromatic carbocycles. The van der Waals surface area contributed by atoms with Gasteiger partial charge in [0, 0.05) is 13.2 Å². The Morgan fingerprint density at radius 1 is 1.07 bits per heavy atom. The number of hydrogen-bond acceptors (Lipinski definition) is 2. The van der Waals surface area contributed by atoms with Crippen LogP contribution in [0, 0.1) is 0 Å². The number of likely N-dealkylation sites (N-methyl/N-ethyl adjacent to an activating group) is 1. The molecule has 0 spiro atoms. The van der Waals surface area contributed by atoms with Gasteiger partial charge in [0.1, 0.15) is 0 Å². The van der Waals surface area contributed by atoms with Crippen molar-refractivity contribution in [2.45, 2.75) is 19.3 Å². The van der Waals surface area contributed by atoms with E-state index >= 15 is 0 Å². The summed E-state index contributed by atoms with van der Waals surface area (Å²) >= 11 is 0. The van der Waals surface area contributed by atoms with Crippen LogP contribution in [-0.4, -0.2) is 26.8 Å². The first-order chi connectivity index (χ1) is 7.43. The molecule has 0 bridgehead atoms. The Morgan fingerprint density at radius 2 is 1.87 bits per heavy atom. The summed E-state index contributed by atoms with van der Waals surface area (Å²) in [6.07, 6.45) is 3.53. The topological polar surface area (TPSA) is 21.3 Å². The van der Waals surface area contributed by atoms with Crippen LogP contribution < -0.4 is 5.32 Å². The predicted molar refractivity (Wildman–Crippen MR) is 64.1 cm³/mol. The molecule has 0 radical (unpaired) electrons. The van der Waals surface area contributed by atoms with Gasteiger partial charge >= 0.3 is 0 Å². The second-order valence-electron chi connectivity index (χ2n) is 3.66. The number of hydrogen-bond donors (Lipinski definition) is 1. The molecule has 0 fully saturated rings. The summed E-state index contributed by atoms with van der Waals surface area (Å²) in [5.74, 6) is 0. The van der Waals surface area contributed by atoms with Gasteiger partial charge < -0.3 is 10.1 Å². The summed E-state index contributed by atoms with van der Waals surface area (Å²) in [6, 6.07) is 10.6. The van der Waals surface area contributed by atoms with Gasteiger partial charge in [-0.1, -0.05) is 30.3 Å². The van der Waals surface area contributed by atoms with Gasteiger partial charge in [-0.05, 0) is 31.9 Å². The van der Waals surface area contributed by atoms with Crippen LogP contribution in [0.3, 0.4) is 0 Å². The lowest BCUT2D eigenvalue weighted by atomic mass is 10.1. The van der Waals surface area contributed by atoms with Crippen molar-refractivity contribution in [3.05, 3.63) is 35.9 Å². The van der Waals surface area contributed by atoms with Crippen molar-refractivity contribution in [3.63, 3.8) is 0 Å². The van der Waals surface area contributed by atoms with Gasteiger partial charge in [-0.2, -0.15) is 0 Å². The van der Waals surface area contributed by atoms with Gasteiger partial charge in [-0.15, -0.1) is 0 Å². The molecule has 2 heteroatoms. The summed E-state index contributed by atoms with van der Waals surface area (Å²) in [7, 11) is 1.94. The molecule has 84 valence electrons. The lowest BCUT2D eigenvalue weighted by Gasteiger charge is -2.03. The summed E-state index contributed by atoms with van der Waals surface area (Å²) in [5.41, 5.74) is 1.42. The molecule has 1 rings (SSSR count). The van der Waals surface area contributed by atoms with Crippen molar-refractivity contribution in [1.82, 2.24) is 5.32 Å². The Kier molecular flexibility index (Phi) is 6.88. The van der Waals surface area contributed by atoms with Gasteiger partial charge in [-0.3, -0.25) is 0 Å². The highest BCUT2D eigenvalue weighted by atomic mass is 16.5. The molecule has 2 nitrogen and oxygen atoms in total. The molecular weight excluding hydrogens is 186 g/mol. The highest BCUT2D eigenvalue weighted by Crippen LogP contribution is 2.04. The van der Waals surface area contributed by atoms with E-state index in [0.29, 0.717) is 0 Å². The summed E-state index contributed by atoms with van der Waals surface area (Å²) in [5, 5.41) is 3.06. The van der Waals surface area contributed by atoms with Crippen molar-refractivity contribution < 1.29 is 4.74 Å². The van der Waals surface area contributed by atoms with Crippen LogP contribution in [0.15, 0.2) is 30.3 Å². The van der Waals surface area contributed by atoms with E-state index in [1.807, 2.05) is 7.05 Å². The van der Waals surface area contributed by atoms with Gasteiger partial charge in [0.15, 0.2) is 0 Å². The van der Waals surface area contributed by atoms with Crippen LogP contribution in [0.5, 0.6) is 0 Å². The normalized spacial score (nSPS) is 10.5. The summed E-state index contributed by atoms with van der Waals surface area (Å²) in [6.45, 7) is 2.65.